The quantitative estimate of drug-likeness (QED) is 0.308. The second kappa shape index (κ2) is 17.4. The van der Waals surface area contributed by atoms with Crippen LogP contribution in [0.4, 0.5) is 5.69 Å². The predicted molar refractivity (Wildman–Crippen MR) is 151 cm³/mol. The number of nitrogens with zero attached hydrogens (tertiary/aromatic N) is 1. The average Bonchev–Trinajstić information content (AvgIpc) is 2.87. The van der Waals surface area contributed by atoms with Crippen LogP contribution in [0.25, 0.3) is 11.1 Å². The third kappa shape index (κ3) is 9.94. The Balaban J connectivity index is 0.000000710. The first kappa shape index (κ1) is 31.0. The Morgan fingerprint density at radius 1 is 1.03 bits per heavy atom. The highest BCUT2D eigenvalue weighted by Gasteiger charge is 2.18. The maximum Gasteiger partial charge on any atom is 0.253 e. The lowest BCUT2D eigenvalue weighted by Gasteiger charge is -2.28. The van der Waals surface area contributed by atoms with Crippen LogP contribution in [0, 0.1) is 5.41 Å². The first-order valence-electron chi connectivity index (χ1n) is 13.3. The van der Waals surface area contributed by atoms with Gasteiger partial charge in [0.05, 0.1) is 0 Å². The van der Waals surface area contributed by atoms with Crippen LogP contribution in [-0.2, 0) is 4.79 Å². The first-order valence-corrected chi connectivity index (χ1v) is 13.3. The number of ketones is 1. The molecule has 0 aliphatic heterocycles. The fraction of sp³-hybridized carbons (Fsp3) is 0.500. The van der Waals surface area contributed by atoms with Crippen molar-refractivity contribution in [3.05, 3.63) is 53.6 Å². The van der Waals surface area contributed by atoms with Crippen molar-refractivity contribution in [1.29, 1.82) is 5.41 Å². The molecular formula is C30H45N3O3. The van der Waals surface area contributed by atoms with Gasteiger partial charge >= 0.3 is 0 Å². The van der Waals surface area contributed by atoms with Crippen molar-refractivity contribution >= 4 is 23.6 Å². The van der Waals surface area contributed by atoms with Gasteiger partial charge in [-0.1, -0.05) is 45.9 Å². The van der Waals surface area contributed by atoms with Gasteiger partial charge in [-0.15, -0.1) is 0 Å². The number of rotatable bonds is 11. The summed E-state index contributed by atoms with van der Waals surface area (Å²) in [6, 6.07) is 14.6. The van der Waals surface area contributed by atoms with Gasteiger partial charge in [-0.25, -0.2) is 0 Å². The highest BCUT2D eigenvalue weighted by atomic mass is 16.3. The van der Waals surface area contributed by atoms with Gasteiger partial charge in [-0.2, -0.15) is 0 Å². The fourth-order valence-electron chi connectivity index (χ4n) is 3.77. The highest BCUT2D eigenvalue weighted by Crippen LogP contribution is 2.28. The van der Waals surface area contributed by atoms with E-state index >= 15 is 0 Å². The molecule has 1 aliphatic carbocycles. The van der Waals surface area contributed by atoms with Crippen LogP contribution in [0.2, 0.25) is 0 Å². The number of amides is 1. The van der Waals surface area contributed by atoms with Gasteiger partial charge in [0.15, 0.2) is 0 Å². The molecule has 1 amide bonds. The Labute approximate surface area is 217 Å². The molecule has 36 heavy (non-hydrogen) atoms. The third-order valence-corrected chi connectivity index (χ3v) is 5.88. The molecular weight excluding hydrogens is 450 g/mol. The van der Waals surface area contributed by atoms with Crippen molar-refractivity contribution in [2.75, 3.05) is 25.0 Å². The molecule has 0 bridgehead atoms. The number of hydrogen-bond donors (Lipinski definition) is 3. The van der Waals surface area contributed by atoms with E-state index in [1.165, 1.54) is 32.4 Å². The van der Waals surface area contributed by atoms with Gasteiger partial charge in [-0.3, -0.25) is 9.59 Å². The number of anilines is 1. The van der Waals surface area contributed by atoms with Crippen molar-refractivity contribution in [1.82, 2.24) is 4.90 Å². The zero-order chi connectivity index (χ0) is 26.9. The average molecular weight is 496 g/mol. The molecule has 6 nitrogen and oxygen atoms in total. The lowest BCUT2D eigenvalue weighted by Crippen LogP contribution is -2.32. The zero-order valence-electron chi connectivity index (χ0n) is 22.8. The summed E-state index contributed by atoms with van der Waals surface area (Å²) in [5.41, 5.74) is 4.80. The van der Waals surface area contributed by atoms with Crippen LogP contribution in [0.1, 0.15) is 89.1 Å². The van der Waals surface area contributed by atoms with E-state index in [9.17, 15) is 9.59 Å². The molecule has 1 aliphatic rings. The Kier molecular flexibility index (Phi) is 15.0. The summed E-state index contributed by atoms with van der Waals surface area (Å²) in [4.78, 5) is 24.6. The normalized spacial score (nSPS) is 12.2. The van der Waals surface area contributed by atoms with E-state index < -0.39 is 0 Å². The highest BCUT2D eigenvalue weighted by molar-refractivity contribution is 5.95. The molecule has 2 aromatic carbocycles. The van der Waals surface area contributed by atoms with Gasteiger partial charge in [0.25, 0.3) is 5.91 Å². The number of Topliss-reactive ketones (excluding diaryl/α,β-unsaturated/α-hetero) is 1. The predicted octanol–water partition coefficient (Wildman–Crippen LogP) is 6.56. The SMILES string of the molecule is CC.CC(=O)CCO.CCCN(CCC)C(=O)c1ccc(-c2ccc(NC3CCC3)c(C=N)c2)cc1. The van der Waals surface area contributed by atoms with Gasteiger partial charge in [0.1, 0.15) is 5.78 Å². The van der Waals surface area contributed by atoms with Crippen LogP contribution in [0.5, 0.6) is 0 Å². The molecule has 0 radical (unpaired) electrons. The number of aliphatic hydroxyl groups excluding tert-OH is 1. The molecule has 1 fully saturated rings. The largest absolute Gasteiger partial charge is 0.396 e. The zero-order valence-corrected chi connectivity index (χ0v) is 22.8. The molecule has 0 unspecified atom stereocenters. The molecule has 2 aromatic rings. The minimum Gasteiger partial charge on any atom is -0.396 e. The Morgan fingerprint density at radius 3 is 2.03 bits per heavy atom. The lowest BCUT2D eigenvalue weighted by atomic mass is 9.92. The van der Waals surface area contributed by atoms with Crippen molar-refractivity contribution in [3.8, 4) is 11.1 Å². The molecule has 3 rings (SSSR count). The summed E-state index contributed by atoms with van der Waals surface area (Å²) >= 11 is 0. The number of aliphatic hydroxyl groups is 1. The molecule has 0 aromatic heterocycles. The van der Waals surface area contributed by atoms with Crippen molar-refractivity contribution in [3.63, 3.8) is 0 Å². The van der Waals surface area contributed by atoms with Crippen molar-refractivity contribution in [2.45, 2.75) is 79.2 Å². The summed E-state index contributed by atoms with van der Waals surface area (Å²) in [6.45, 7) is 11.2. The molecule has 3 N–H and O–H groups in total. The minimum absolute atomic E-state index is 0.0185. The second-order valence-electron chi connectivity index (χ2n) is 8.76. The second-order valence-corrected chi connectivity index (χ2v) is 8.76. The molecule has 0 spiro atoms. The molecule has 198 valence electrons. The number of carbonyl (C=O) groups is 2. The topological polar surface area (TPSA) is 93.5 Å². The maximum atomic E-state index is 12.7. The molecule has 0 saturated heterocycles. The Bertz CT molecular complexity index is 931. The molecule has 0 heterocycles. The standard InChI is InChI=1S/C24H31N3O.C4H8O2.C2H6/c1-3-14-27(15-4-2)24(28)19-10-8-18(9-11-19)20-12-13-23(21(16-20)17-25)26-22-6-5-7-22;1-4(6)2-3-5;1-2/h8-13,16-17,22,25-26H,3-7,14-15H2,1-2H3;5H,2-3H2,1H3;1-2H3. The number of benzene rings is 2. The van der Waals surface area contributed by atoms with E-state index in [0.717, 1.165) is 53.9 Å². The smallest absolute Gasteiger partial charge is 0.253 e. The van der Waals surface area contributed by atoms with E-state index in [1.54, 1.807) is 0 Å². The number of carbonyl (C=O) groups excluding carboxylic acids is 2. The van der Waals surface area contributed by atoms with Crippen molar-refractivity contribution < 1.29 is 14.7 Å². The van der Waals surface area contributed by atoms with Crippen LogP contribution >= 0.6 is 0 Å². The van der Waals surface area contributed by atoms with Crippen LogP contribution in [0.3, 0.4) is 0 Å². The summed E-state index contributed by atoms with van der Waals surface area (Å²) < 4.78 is 0. The minimum atomic E-state index is -0.0185. The molecule has 0 atom stereocenters. The lowest BCUT2D eigenvalue weighted by molar-refractivity contribution is -0.117. The maximum absolute atomic E-state index is 12.7. The first-order chi connectivity index (χ1) is 17.4. The molecule has 1 saturated carbocycles. The van der Waals surface area contributed by atoms with E-state index in [2.05, 4.69) is 31.3 Å². The number of nitrogens with one attached hydrogen (secondary N) is 2. The van der Waals surface area contributed by atoms with E-state index in [1.807, 2.05) is 49.1 Å². The summed E-state index contributed by atoms with van der Waals surface area (Å²) in [5, 5.41) is 19.3. The van der Waals surface area contributed by atoms with Gasteiger partial charge in [0, 0.05) is 55.2 Å². The monoisotopic (exact) mass is 495 g/mol. The van der Waals surface area contributed by atoms with Crippen LogP contribution in [0.15, 0.2) is 42.5 Å². The Morgan fingerprint density at radius 2 is 1.61 bits per heavy atom. The van der Waals surface area contributed by atoms with Crippen molar-refractivity contribution in [2.24, 2.45) is 0 Å². The van der Waals surface area contributed by atoms with Crippen LogP contribution < -0.4 is 5.32 Å². The van der Waals surface area contributed by atoms with Crippen LogP contribution in [-0.4, -0.2) is 53.6 Å². The van der Waals surface area contributed by atoms with Gasteiger partial charge < -0.3 is 20.7 Å². The Hall–Kier alpha value is -2.99. The van der Waals surface area contributed by atoms with E-state index in [4.69, 9.17) is 10.5 Å². The summed E-state index contributed by atoms with van der Waals surface area (Å²) in [7, 11) is 0. The van der Waals surface area contributed by atoms with E-state index in [0.29, 0.717) is 12.5 Å². The summed E-state index contributed by atoms with van der Waals surface area (Å²) in [5.74, 6) is 0.146. The number of hydrogen-bond acceptors (Lipinski definition) is 5. The molecule has 6 heteroatoms. The summed E-state index contributed by atoms with van der Waals surface area (Å²) in [6.07, 6.45) is 7.35. The third-order valence-electron chi connectivity index (χ3n) is 5.88. The van der Waals surface area contributed by atoms with E-state index in [-0.39, 0.29) is 18.3 Å². The van der Waals surface area contributed by atoms with Gasteiger partial charge in [0.2, 0.25) is 0 Å². The van der Waals surface area contributed by atoms with Gasteiger partial charge in [-0.05, 0) is 74.4 Å². The fourth-order valence-corrected chi connectivity index (χ4v) is 3.77.